The quantitative estimate of drug-likeness (QED) is 0.462. The molecule has 0 aliphatic rings. The molecule has 94 valence electrons. The first kappa shape index (κ1) is 13.3. The Labute approximate surface area is 100 Å². The van der Waals surface area contributed by atoms with E-state index in [0.29, 0.717) is 30.2 Å². The molecule has 0 atom stereocenters. The molecular formula is C12H17NO4. The highest BCUT2D eigenvalue weighted by molar-refractivity contribution is 5.95. The SMILES string of the molecule is CCOCCOC(=O)c1cc(OC)ccc1N. The van der Waals surface area contributed by atoms with Crippen LogP contribution in [0.4, 0.5) is 5.69 Å². The Morgan fingerprint density at radius 1 is 1.35 bits per heavy atom. The van der Waals surface area contributed by atoms with E-state index in [1.165, 1.54) is 7.11 Å². The molecule has 0 spiro atoms. The fourth-order valence-corrected chi connectivity index (χ4v) is 1.25. The van der Waals surface area contributed by atoms with Crippen molar-refractivity contribution in [2.24, 2.45) is 0 Å². The molecule has 0 heterocycles. The minimum atomic E-state index is -0.471. The summed E-state index contributed by atoms with van der Waals surface area (Å²) in [6, 6.07) is 4.85. The van der Waals surface area contributed by atoms with E-state index in [9.17, 15) is 4.79 Å². The molecule has 0 aliphatic heterocycles. The van der Waals surface area contributed by atoms with Crippen LogP contribution in [0.3, 0.4) is 0 Å². The highest BCUT2D eigenvalue weighted by Crippen LogP contribution is 2.20. The van der Waals surface area contributed by atoms with E-state index in [1.807, 2.05) is 6.92 Å². The van der Waals surface area contributed by atoms with E-state index >= 15 is 0 Å². The van der Waals surface area contributed by atoms with E-state index < -0.39 is 5.97 Å². The van der Waals surface area contributed by atoms with E-state index in [1.54, 1.807) is 18.2 Å². The normalized spacial score (nSPS) is 10.0. The van der Waals surface area contributed by atoms with Crippen LogP contribution in [0.25, 0.3) is 0 Å². The Morgan fingerprint density at radius 3 is 2.76 bits per heavy atom. The number of hydrogen-bond donors (Lipinski definition) is 1. The maximum Gasteiger partial charge on any atom is 0.340 e. The smallest absolute Gasteiger partial charge is 0.340 e. The van der Waals surface area contributed by atoms with Gasteiger partial charge in [0.1, 0.15) is 12.4 Å². The largest absolute Gasteiger partial charge is 0.497 e. The molecule has 5 nitrogen and oxygen atoms in total. The van der Waals surface area contributed by atoms with Gasteiger partial charge in [0.05, 0.1) is 19.3 Å². The fraction of sp³-hybridized carbons (Fsp3) is 0.417. The van der Waals surface area contributed by atoms with E-state index in [2.05, 4.69) is 0 Å². The van der Waals surface area contributed by atoms with Crippen molar-refractivity contribution in [2.75, 3.05) is 32.7 Å². The van der Waals surface area contributed by atoms with Crippen molar-refractivity contribution in [2.45, 2.75) is 6.92 Å². The van der Waals surface area contributed by atoms with Crippen molar-refractivity contribution in [3.05, 3.63) is 23.8 Å². The van der Waals surface area contributed by atoms with Crippen LogP contribution in [0.5, 0.6) is 5.75 Å². The van der Waals surface area contributed by atoms with Crippen LogP contribution in [0.15, 0.2) is 18.2 Å². The van der Waals surface area contributed by atoms with Gasteiger partial charge in [-0.25, -0.2) is 4.79 Å². The predicted octanol–water partition coefficient (Wildman–Crippen LogP) is 1.47. The number of benzene rings is 1. The van der Waals surface area contributed by atoms with Gasteiger partial charge in [-0.3, -0.25) is 0 Å². The summed E-state index contributed by atoms with van der Waals surface area (Å²) in [5.41, 5.74) is 6.36. The van der Waals surface area contributed by atoms with Crippen LogP contribution in [-0.4, -0.2) is 32.9 Å². The summed E-state index contributed by atoms with van der Waals surface area (Å²) in [5, 5.41) is 0. The maximum absolute atomic E-state index is 11.7. The Kier molecular flexibility index (Phi) is 5.29. The molecule has 17 heavy (non-hydrogen) atoms. The third kappa shape index (κ3) is 3.96. The second-order valence-electron chi connectivity index (χ2n) is 3.29. The molecule has 0 unspecified atom stereocenters. The first-order valence-corrected chi connectivity index (χ1v) is 5.37. The molecular weight excluding hydrogens is 222 g/mol. The van der Waals surface area contributed by atoms with E-state index in [-0.39, 0.29) is 6.61 Å². The molecule has 1 aromatic rings. The minimum Gasteiger partial charge on any atom is -0.497 e. The molecule has 0 amide bonds. The molecule has 1 aromatic carbocycles. The Hall–Kier alpha value is -1.75. The molecule has 0 bridgehead atoms. The molecule has 0 aliphatic carbocycles. The van der Waals surface area contributed by atoms with Crippen molar-refractivity contribution in [3.8, 4) is 5.75 Å². The van der Waals surface area contributed by atoms with Gasteiger partial charge >= 0.3 is 5.97 Å². The van der Waals surface area contributed by atoms with Crippen molar-refractivity contribution in [1.29, 1.82) is 0 Å². The van der Waals surface area contributed by atoms with Crippen molar-refractivity contribution in [1.82, 2.24) is 0 Å². The van der Waals surface area contributed by atoms with Gasteiger partial charge in [0, 0.05) is 12.3 Å². The third-order valence-corrected chi connectivity index (χ3v) is 2.15. The second kappa shape index (κ2) is 6.75. The lowest BCUT2D eigenvalue weighted by Crippen LogP contribution is -2.12. The summed E-state index contributed by atoms with van der Waals surface area (Å²) >= 11 is 0. The number of nitrogen functional groups attached to an aromatic ring is 1. The van der Waals surface area contributed by atoms with Gasteiger partial charge in [0.15, 0.2) is 0 Å². The van der Waals surface area contributed by atoms with Crippen LogP contribution in [0, 0.1) is 0 Å². The van der Waals surface area contributed by atoms with E-state index in [0.717, 1.165) is 0 Å². The zero-order valence-corrected chi connectivity index (χ0v) is 10.1. The van der Waals surface area contributed by atoms with Gasteiger partial charge in [0.2, 0.25) is 0 Å². The third-order valence-electron chi connectivity index (χ3n) is 2.15. The van der Waals surface area contributed by atoms with Crippen LogP contribution in [0.1, 0.15) is 17.3 Å². The second-order valence-corrected chi connectivity index (χ2v) is 3.29. The summed E-state index contributed by atoms with van der Waals surface area (Å²) in [7, 11) is 1.52. The molecule has 2 N–H and O–H groups in total. The van der Waals surface area contributed by atoms with Gasteiger partial charge in [-0.15, -0.1) is 0 Å². The molecule has 0 fully saturated rings. The molecule has 0 aromatic heterocycles. The number of nitrogens with two attached hydrogens (primary N) is 1. The highest BCUT2D eigenvalue weighted by Gasteiger charge is 2.12. The van der Waals surface area contributed by atoms with Crippen molar-refractivity contribution >= 4 is 11.7 Å². The standard InChI is InChI=1S/C12H17NO4/c1-3-16-6-7-17-12(14)10-8-9(15-2)4-5-11(10)13/h4-5,8H,3,6-7,13H2,1-2H3. The van der Waals surface area contributed by atoms with Crippen LogP contribution >= 0.6 is 0 Å². The number of carbonyl (C=O) groups excluding carboxylic acids is 1. The molecule has 0 saturated carbocycles. The number of anilines is 1. The number of methoxy groups -OCH3 is 1. The van der Waals surface area contributed by atoms with Gasteiger partial charge in [0.25, 0.3) is 0 Å². The number of rotatable bonds is 6. The Morgan fingerprint density at radius 2 is 2.12 bits per heavy atom. The maximum atomic E-state index is 11.7. The Balaban J connectivity index is 2.61. The summed E-state index contributed by atoms with van der Waals surface area (Å²) in [6.07, 6.45) is 0. The number of ether oxygens (including phenoxy) is 3. The molecule has 5 heteroatoms. The van der Waals surface area contributed by atoms with Gasteiger partial charge in [-0.1, -0.05) is 0 Å². The first-order valence-electron chi connectivity index (χ1n) is 5.37. The predicted molar refractivity (Wildman–Crippen MR) is 64.2 cm³/mol. The zero-order chi connectivity index (χ0) is 12.7. The average Bonchev–Trinajstić information content (AvgIpc) is 2.35. The number of hydrogen-bond acceptors (Lipinski definition) is 5. The summed E-state index contributed by atoms with van der Waals surface area (Å²) in [5.74, 6) is 0.0945. The van der Waals surface area contributed by atoms with Gasteiger partial charge < -0.3 is 19.9 Å². The summed E-state index contributed by atoms with van der Waals surface area (Å²) in [6.45, 7) is 3.07. The lowest BCUT2D eigenvalue weighted by molar-refractivity contribution is 0.0336. The Bertz CT molecular complexity index is 379. The lowest BCUT2D eigenvalue weighted by Gasteiger charge is -2.08. The van der Waals surface area contributed by atoms with Crippen LogP contribution < -0.4 is 10.5 Å². The van der Waals surface area contributed by atoms with Crippen molar-refractivity contribution < 1.29 is 19.0 Å². The zero-order valence-electron chi connectivity index (χ0n) is 10.1. The molecule has 1 rings (SSSR count). The molecule has 0 radical (unpaired) electrons. The fourth-order valence-electron chi connectivity index (χ4n) is 1.25. The lowest BCUT2D eigenvalue weighted by atomic mass is 10.2. The van der Waals surface area contributed by atoms with Gasteiger partial charge in [-0.05, 0) is 25.1 Å². The minimum absolute atomic E-state index is 0.212. The summed E-state index contributed by atoms with van der Waals surface area (Å²) < 4.78 is 15.1. The van der Waals surface area contributed by atoms with Gasteiger partial charge in [-0.2, -0.15) is 0 Å². The van der Waals surface area contributed by atoms with Crippen LogP contribution in [-0.2, 0) is 9.47 Å². The van der Waals surface area contributed by atoms with E-state index in [4.69, 9.17) is 19.9 Å². The topological polar surface area (TPSA) is 70.8 Å². The monoisotopic (exact) mass is 239 g/mol. The van der Waals surface area contributed by atoms with Crippen LogP contribution in [0.2, 0.25) is 0 Å². The number of carbonyl (C=O) groups is 1. The average molecular weight is 239 g/mol. The molecule has 0 saturated heterocycles. The highest BCUT2D eigenvalue weighted by atomic mass is 16.6. The number of esters is 1. The van der Waals surface area contributed by atoms with Crippen molar-refractivity contribution in [3.63, 3.8) is 0 Å². The summed E-state index contributed by atoms with van der Waals surface area (Å²) in [4.78, 5) is 11.7. The first-order chi connectivity index (χ1) is 8.19.